The molecule has 20 heavy (non-hydrogen) atoms. The van der Waals surface area contributed by atoms with Crippen LogP contribution in [0, 0.1) is 5.82 Å². The molecule has 2 rings (SSSR count). The Balaban J connectivity index is 2.22. The Kier molecular flexibility index (Phi) is 4.34. The second-order valence-corrected chi connectivity index (χ2v) is 4.32. The van der Waals surface area contributed by atoms with E-state index in [0.29, 0.717) is 12.2 Å². The quantitative estimate of drug-likeness (QED) is 0.785. The van der Waals surface area contributed by atoms with Gasteiger partial charge in [0.2, 0.25) is 0 Å². The summed E-state index contributed by atoms with van der Waals surface area (Å²) in [6.07, 6.45) is 4.01. The number of benzene rings is 1. The van der Waals surface area contributed by atoms with Gasteiger partial charge in [-0.15, -0.1) is 0 Å². The van der Waals surface area contributed by atoms with Crippen LogP contribution >= 0.6 is 0 Å². The fourth-order valence-electron chi connectivity index (χ4n) is 2.04. The van der Waals surface area contributed by atoms with Crippen LogP contribution in [0.3, 0.4) is 0 Å². The zero-order valence-electron chi connectivity index (χ0n) is 11.4. The minimum absolute atomic E-state index is 0.194. The van der Waals surface area contributed by atoms with Gasteiger partial charge >= 0.3 is 0 Å². The standard InChI is InChI=1S/C14H17FN4O/c1-3-11(13-17-7-8-18-13)19-14(20)9-5-4-6-10(15)12(9)16-2/h4-8,11,16H,3H2,1-2H3,(H,17,18)(H,19,20). The molecule has 0 saturated carbocycles. The number of amides is 1. The van der Waals surface area contributed by atoms with Gasteiger partial charge in [-0.05, 0) is 18.6 Å². The van der Waals surface area contributed by atoms with Crippen molar-refractivity contribution < 1.29 is 9.18 Å². The minimum Gasteiger partial charge on any atom is -0.385 e. The number of H-pyrrole nitrogens is 1. The van der Waals surface area contributed by atoms with Crippen LogP contribution in [0.25, 0.3) is 0 Å². The molecule has 2 aromatic rings. The fourth-order valence-corrected chi connectivity index (χ4v) is 2.04. The van der Waals surface area contributed by atoms with Crippen molar-refractivity contribution in [2.75, 3.05) is 12.4 Å². The van der Waals surface area contributed by atoms with Crippen molar-refractivity contribution in [2.45, 2.75) is 19.4 Å². The van der Waals surface area contributed by atoms with Gasteiger partial charge in [-0.1, -0.05) is 13.0 Å². The number of imidazole rings is 1. The molecule has 1 atom stereocenters. The largest absolute Gasteiger partial charge is 0.385 e. The zero-order valence-corrected chi connectivity index (χ0v) is 11.4. The minimum atomic E-state index is -0.453. The van der Waals surface area contributed by atoms with Crippen LogP contribution < -0.4 is 10.6 Å². The molecule has 5 nitrogen and oxygen atoms in total. The van der Waals surface area contributed by atoms with E-state index < -0.39 is 5.82 Å². The molecule has 0 bridgehead atoms. The van der Waals surface area contributed by atoms with Gasteiger partial charge in [0.25, 0.3) is 5.91 Å². The number of anilines is 1. The molecule has 1 unspecified atom stereocenters. The van der Waals surface area contributed by atoms with Crippen molar-refractivity contribution >= 4 is 11.6 Å². The van der Waals surface area contributed by atoms with Crippen molar-refractivity contribution in [3.63, 3.8) is 0 Å². The number of hydrogen-bond donors (Lipinski definition) is 3. The van der Waals surface area contributed by atoms with Crippen LogP contribution in [-0.2, 0) is 0 Å². The Bertz CT molecular complexity index is 583. The lowest BCUT2D eigenvalue weighted by Gasteiger charge is -2.16. The van der Waals surface area contributed by atoms with Crippen LogP contribution in [0.15, 0.2) is 30.6 Å². The maximum atomic E-state index is 13.6. The highest BCUT2D eigenvalue weighted by Gasteiger charge is 2.19. The first-order valence-electron chi connectivity index (χ1n) is 6.43. The molecule has 0 aliphatic heterocycles. The molecule has 1 heterocycles. The van der Waals surface area contributed by atoms with E-state index in [-0.39, 0.29) is 23.2 Å². The van der Waals surface area contributed by atoms with E-state index in [4.69, 9.17) is 0 Å². The van der Waals surface area contributed by atoms with Gasteiger partial charge in [-0.2, -0.15) is 0 Å². The van der Waals surface area contributed by atoms with Crippen molar-refractivity contribution in [2.24, 2.45) is 0 Å². The summed E-state index contributed by atoms with van der Waals surface area (Å²) in [6.45, 7) is 1.94. The van der Waals surface area contributed by atoms with Gasteiger partial charge in [0.1, 0.15) is 11.6 Å². The van der Waals surface area contributed by atoms with E-state index in [2.05, 4.69) is 20.6 Å². The zero-order chi connectivity index (χ0) is 14.5. The van der Waals surface area contributed by atoms with Crippen LogP contribution in [-0.4, -0.2) is 22.9 Å². The van der Waals surface area contributed by atoms with Gasteiger partial charge in [-0.3, -0.25) is 4.79 Å². The van der Waals surface area contributed by atoms with E-state index in [0.717, 1.165) is 0 Å². The molecule has 1 amide bonds. The molecule has 0 aliphatic rings. The summed E-state index contributed by atoms with van der Waals surface area (Å²) in [5.41, 5.74) is 0.469. The third kappa shape index (κ3) is 2.79. The van der Waals surface area contributed by atoms with Crippen LogP contribution in [0.4, 0.5) is 10.1 Å². The highest BCUT2D eigenvalue weighted by molar-refractivity contribution is 5.99. The molecular weight excluding hydrogens is 259 g/mol. The van der Waals surface area contributed by atoms with Crippen molar-refractivity contribution in [3.8, 4) is 0 Å². The Morgan fingerprint density at radius 1 is 1.50 bits per heavy atom. The third-order valence-electron chi connectivity index (χ3n) is 3.07. The van der Waals surface area contributed by atoms with Gasteiger partial charge in [-0.25, -0.2) is 9.37 Å². The lowest BCUT2D eigenvalue weighted by molar-refractivity contribution is 0.0934. The number of nitrogens with one attached hydrogen (secondary N) is 3. The molecule has 6 heteroatoms. The molecule has 0 aliphatic carbocycles. The number of aromatic nitrogens is 2. The first kappa shape index (κ1) is 14.0. The number of carbonyl (C=O) groups is 1. The Hall–Kier alpha value is -2.37. The molecule has 0 saturated heterocycles. The van der Waals surface area contributed by atoms with E-state index in [1.165, 1.54) is 12.1 Å². The molecule has 1 aromatic carbocycles. The van der Waals surface area contributed by atoms with E-state index in [1.807, 2.05) is 6.92 Å². The smallest absolute Gasteiger partial charge is 0.254 e. The molecule has 3 N–H and O–H groups in total. The first-order valence-corrected chi connectivity index (χ1v) is 6.43. The Morgan fingerprint density at radius 2 is 2.30 bits per heavy atom. The average molecular weight is 276 g/mol. The number of para-hydroxylation sites is 1. The van der Waals surface area contributed by atoms with Crippen molar-refractivity contribution in [1.29, 1.82) is 0 Å². The number of hydrogen-bond acceptors (Lipinski definition) is 3. The second kappa shape index (κ2) is 6.18. The lowest BCUT2D eigenvalue weighted by atomic mass is 10.1. The van der Waals surface area contributed by atoms with Gasteiger partial charge in [0.05, 0.1) is 17.3 Å². The first-order chi connectivity index (χ1) is 9.67. The molecule has 1 aromatic heterocycles. The molecular formula is C14H17FN4O. The van der Waals surface area contributed by atoms with Gasteiger partial charge in [0.15, 0.2) is 0 Å². The van der Waals surface area contributed by atoms with Crippen LogP contribution in [0.5, 0.6) is 0 Å². The number of carbonyl (C=O) groups excluding carboxylic acids is 1. The second-order valence-electron chi connectivity index (χ2n) is 4.32. The number of aromatic amines is 1. The summed E-state index contributed by atoms with van der Waals surface area (Å²) >= 11 is 0. The summed E-state index contributed by atoms with van der Waals surface area (Å²) in [5.74, 6) is -0.105. The highest BCUT2D eigenvalue weighted by atomic mass is 19.1. The van der Waals surface area contributed by atoms with E-state index >= 15 is 0 Å². The van der Waals surface area contributed by atoms with Gasteiger partial charge < -0.3 is 15.6 Å². The summed E-state index contributed by atoms with van der Waals surface area (Å²) in [4.78, 5) is 19.4. The summed E-state index contributed by atoms with van der Waals surface area (Å²) < 4.78 is 13.6. The van der Waals surface area contributed by atoms with E-state index in [9.17, 15) is 9.18 Å². The monoisotopic (exact) mass is 276 g/mol. The molecule has 0 radical (unpaired) electrons. The topological polar surface area (TPSA) is 69.8 Å². The van der Waals surface area contributed by atoms with Crippen molar-refractivity contribution in [1.82, 2.24) is 15.3 Å². The molecule has 0 spiro atoms. The highest BCUT2D eigenvalue weighted by Crippen LogP contribution is 2.20. The Morgan fingerprint density at radius 3 is 2.90 bits per heavy atom. The predicted octanol–water partition coefficient (Wildman–Crippen LogP) is 2.47. The van der Waals surface area contributed by atoms with Crippen LogP contribution in [0.1, 0.15) is 35.6 Å². The third-order valence-corrected chi connectivity index (χ3v) is 3.07. The van der Waals surface area contributed by atoms with Gasteiger partial charge in [0, 0.05) is 19.4 Å². The van der Waals surface area contributed by atoms with Crippen molar-refractivity contribution in [3.05, 3.63) is 47.8 Å². The maximum Gasteiger partial charge on any atom is 0.254 e. The number of rotatable bonds is 5. The van der Waals surface area contributed by atoms with Crippen LogP contribution in [0.2, 0.25) is 0 Å². The number of halogens is 1. The van der Waals surface area contributed by atoms with E-state index in [1.54, 1.807) is 25.5 Å². The number of nitrogens with zero attached hydrogens (tertiary/aromatic N) is 1. The predicted molar refractivity (Wildman–Crippen MR) is 75.0 cm³/mol. The summed E-state index contributed by atoms with van der Waals surface area (Å²) in [6, 6.07) is 4.18. The molecule has 0 fully saturated rings. The summed E-state index contributed by atoms with van der Waals surface area (Å²) in [7, 11) is 1.58. The fraction of sp³-hybridized carbons (Fsp3) is 0.286. The molecule has 106 valence electrons. The Labute approximate surface area is 116 Å². The maximum absolute atomic E-state index is 13.6. The lowest BCUT2D eigenvalue weighted by Crippen LogP contribution is -2.29. The summed E-state index contributed by atoms with van der Waals surface area (Å²) in [5, 5.41) is 5.56. The SMILES string of the molecule is CCC(NC(=O)c1cccc(F)c1NC)c1ncc[nH]1. The average Bonchev–Trinajstić information content (AvgIpc) is 2.98. The normalized spacial score (nSPS) is 11.9.